The number of amides is 1. The van der Waals surface area contributed by atoms with Crippen molar-refractivity contribution in [1.82, 2.24) is 5.32 Å². The van der Waals surface area contributed by atoms with E-state index in [-0.39, 0.29) is 24.0 Å². The van der Waals surface area contributed by atoms with Crippen molar-refractivity contribution < 1.29 is 19.4 Å². The summed E-state index contributed by atoms with van der Waals surface area (Å²) in [6, 6.07) is 6.57. The van der Waals surface area contributed by atoms with Crippen LogP contribution in [0, 0.1) is 0 Å². The molecule has 0 aromatic heterocycles. The van der Waals surface area contributed by atoms with E-state index in [1.807, 2.05) is 0 Å². The van der Waals surface area contributed by atoms with Gasteiger partial charge in [-0.1, -0.05) is 18.2 Å². The fourth-order valence-electron chi connectivity index (χ4n) is 2.36. The lowest BCUT2D eigenvalue weighted by molar-refractivity contribution is -0.120. The fourth-order valence-corrected chi connectivity index (χ4v) is 2.36. The maximum atomic E-state index is 11.8. The third kappa shape index (κ3) is 4.06. The molecule has 108 valence electrons. The van der Waals surface area contributed by atoms with E-state index in [1.54, 1.807) is 18.2 Å². The number of ether oxygens (including phenoxy) is 1. The van der Waals surface area contributed by atoms with Gasteiger partial charge in [-0.05, 0) is 30.9 Å². The molecule has 1 amide bonds. The Morgan fingerprint density at radius 1 is 1.35 bits per heavy atom. The number of carboxylic acid groups (broad SMARTS) is 1. The minimum atomic E-state index is -1.01. The largest absolute Gasteiger partial charge is 0.478 e. The van der Waals surface area contributed by atoms with E-state index in [4.69, 9.17) is 9.84 Å². The highest BCUT2D eigenvalue weighted by molar-refractivity contribution is 5.91. The Hall–Kier alpha value is -1.88. The molecule has 1 aromatic carbocycles. The van der Waals surface area contributed by atoms with Gasteiger partial charge in [0, 0.05) is 13.2 Å². The van der Waals surface area contributed by atoms with Gasteiger partial charge >= 0.3 is 5.97 Å². The zero-order valence-electron chi connectivity index (χ0n) is 11.3. The third-order valence-electron chi connectivity index (χ3n) is 3.41. The van der Waals surface area contributed by atoms with Crippen LogP contribution in [0.15, 0.2) is 24.3 Å². The molecule has 2 rings (SSSR count). The molecule has 0 radical (unpaired) electrons. The van der Waals surface area contributed by atoms with Crippen LogP contribution in [0.4, 0.5) is 0 Å². The highest BCUT2D eigenvalue weighted by atomic mass is 16.5. The zero-order valence-corrected chi connectivity index (χ0v) is 11.3. The average molecular weight is 277 g/mol. The summed E-state index contributed by atoms with van der Waals surface area (Å²) in [5.74, 6) is -1.16. The van der Waals surface area contributed by atoms with Gasteiger partial charge < -0.3 is 15.2 Å². The van der Waals surface area contributed by atoms with E-state index < -0.39 is 5.97 Å². The molecule has 1 fully saturated rings. The second-order valence-corrected chi connectivity index (χ2v) is 4.91. The van der Waals surface area contributed by atoms with Crippen molar-refractivity contribution in [2.75, 3.05) is 13.2 Å². The smallest absolute Gasteiger partial charge is 0.335 e. The highest BCUT2D eigenvalue weighted by Gasteiger charge is 2.16. The lowest BCUT2D eigenvalue weighted by Gasteiger charge is -2.10. The van der Waals surface area contributed by atoms with Crippen LogP contribution < -0.4 is 5.32 Å². The van der Waals surface area contributed by atoms with Gasteiger partial charge in [-0.2, -0.15) is 0 Å². The summed E-state index contributed by atoms with van der Waals surface area (Å²) in [4.78, 5) is 22.9. The number of benzene rings is 1. The monoisotopic (exact) mass is 277 g/mol. The Morgan fingerprint density at radius 3 is 2.85 bits per heavy atom. The van der Waals surface area contributed by atoms with E-state index in [2.05, 4.69) is 5.32 Å². The number of carbonyl (C=O) groups is 2. The van der Waals surface area contributed by atoms with E-state index >= 15 is 0 Å². The molecule has 0 aliphatic carbocycles. The first-order valence-electron chi connectivity index (χ1n) is 6.86. The van der Waals surface area contributed by atoms with Gasteiger partial charge in [0.1, 0.15) is 0 Å². The first kappa shape index (κ1) is 14.5. The van der Waals surface area contributed by atoms with Crippen LogP contribution in [0.25, 0.3) is 0 Å². The third-order valence-corrected chi connectivity index (χ3v) is 3.41. The second-order valence-electron chi connectivity index (χ2n) is 4.91. The maximum absolute atomic E-state index is 11.8. The standard InChI is InChI=1S/C15H19NO4/c17-14(16-8-7-12-5-3-9-20-12)10-11-4-1-2-6-13(11)15(18)19/h1-2,4,6,12H,3,5,7-10H2,(H,16,17)(H,18,19). The number of carbonyl (C=O) groups excluding carboxylic acids is 1. The molecule has 2 N–H and O–H groups in total. The molecule has 0 bridgehead atoms. The quantitative estimate of drug-likeness (QED) is 0.828. The highest BCUT2D eigenvalue weighted by Crippen LogP contribution is 2.14. The summed E-state index contributed by atoms with van der Waals surface area (Å²) in [7, 11) is 0. The Balaban J connectivity index is 1.80. The van der Waals surface area contributed by atoms with Crippen LogP contribution in [-0.4, -0.2) is 36.2 Å². The molecule has 1 aromatic rings. The Bertz CT molecular complexity index is 481. The van der Waals surface area contributed by atoms with Crippen LogP contribution in [0.1, 0.15) is 35.2 Å². The van der Waals surface area contributed by atoms with Gasteiger partial charge in [-0.25, -0.2) is 4.79 Å². The predicted octanol–water partition coefficient (Wildman–Crippen LogP) is 1.61. The summed E-state index contributed by atoms with van der Waals surface area (Å²) in [5, 5.41) is 11.9. The Morgan fingerprint density at radius 2 is 2.15 bits per heavy atom. The number of aromatic carboxylic acids is 1. The van der Waals surface area contributed by atoms with Crippen molar-refractivity contribution >= 4 is 11.9 Å². The number of rotatable bonds is 6. The molecule has 1 heterocycles. The minimum Gasteiger partial charge on any atom is -0.478 e. The van der Waals surface area contributed by atoms with Crippen molar-refractivity contribution in [2.45, 2.75) is 31.8 Å². The minimum absolute atomic E-state index is 0.0913. The van der Waals surface area contributed by atoms with E-state index in [0.29, 0.717) is 12.1 Å². The van der Waals surface area contributed by atoms with Gasteiger partial charge in [0.2, 0.25) is 5.91 Å². The fraction of sp³-hybridized carbons (Fsp3) is 0.467. The van der Waals surface area contributed by atoms with Gasteiger partial charge in [0.15, 0.2) is 0 Å². The Labute approximate surface area is 117 Å². The molecule has 5 heteroatoms. The van der Waals surface area contributed by atoms with Crippen LogP contribution in [-0.2, 0) is 16.0 Å². The van der Waals surface area contributed by atoms with Crippen molar-refractivity contribution in [2.24, 2.45) is 0 Å². The van der Waals surface area contributed by atoms with Crippen LogP contribution in [0.3, 0.4) is 0 Å². The van der Waals surface area contributed by atoms with Gasteiger partial charge in [-0.3, -0.25) is 4.79 Å². The topological polar surface area (TPSA) is 75.6 Å². The second kappa shape index (κ2) is 7.05. The summed E-state index contributed by atoms with van der Waals surface area (Å²) >= 11 is 0. The zero-order chi connectivity index (χ0) is 14.4. The molecule has 1 aliphatic heterocycles. The van der Waals surface area contributed by atoms with Crippen molar-refractivity contribution in [3.63, 3.8) is 0 Å². The summed E-state index contributed by atoms with van der Waals surface area (Å²) in [5.41, 5.74) is 0.719. The number of hydrogen-bond acceptors (Lipinski definition) is 3. The first-order chi connectivity index (χ1) is 9.66. The van der Waals surface area contributed by atoms with Crippen LogP contribution in [0.2, 0.25) is 0 Å². The first-order valence-corrected chi connectivity index (χ1v) is 6.86. The number of nitrogens with one attached hydrogen (secondary N) is 1. The van der Waals surface area contributed by atoms with Gasteiger partial charge in [0.05, 0.1) is 18.1 Å². The molecule has 20 heavy (non-hydrogen) atoms. The molecule has 5 nitrogen and oxygen atoms in total. The number of carboxylic acids is 1. The molecule has 1 atom stereocenters. The summed E-state index contributed by atoms with van der Waals surface area (Å²) in [6.45, 7) is 1.38. The van der Waals surface area contributed by atoms with Gasteiger partial charge in [-0.15, -0.1) is 0 Å². The predicted molar refractivity (Wildman–Crippen MR) is 73.7 cm³/mol. The molecule has 1 saturated heterocycles. The lowest BCUT2D eigenvalue weighted by Crippen LogP contribution is -2.28. The van der Waals surface area contributed by atoms with E-state index in [9.17, 15) is 9.59 Å². The molecular formula is C15H19NO4. The van der Waals surface area contributed by atoms with E-state index in [0.717, 1.165) is 25.9 Å². The van der Waals surface area contributed by atoms with Crippen molar-refractivity contribution in [1.29, 1.82) is 0 Å². The summed E-state index contributed by atoms with van der Waals surface area (Å²) in [6.07, 6.45) is 3.30. The molecule has 1 aliphatic rings. The van der Waals surface area contributed by atoms with Gasteiger partial charge in [0.25, 0.3) is 0 Å². The lowest BCUT2D eigenvalue weighted by atomic mass is 10.0. The normalized spacial score (nSPS) is 17.9. The van der Waals surface area contributed by atoms with Crippen LogP contribution >= 0.6 is 0 Å². The van der Waals surface area contributed by atoms with Crippen molar-refractivity contribution in [3.8, 4) is 0 Å². The maximum Gasteiger partial charge on any atom is 0.335 e. The molecule has 1 unspecified atom stereocenters. The van der Waals surface area contributed by atoms with Crippen LogP contribution in [0.5, 0.6) is 0 Å². The molecule has 0 spiro atoms. The average Bonchev–Trinajstić information content (AvgIpc) is 2.92. The molecule has 0 saturated carbocycles. The SMILES string of the molecule is O=C(Cc1ccccc1C(=O)O)NCCC1CCCO1. The number of hydrogen-bond donors (Lipinski definition) is 2. The summed E-state index contributed by atoms with van der Waals surface area (Å²) < 4.78 is 5.47. The van der Waals surface area contributed by atoms with E-state index in [1.165, 1.54) is 6.07 Å². The molecular weight excluding hydrogens is 258 g/mol. The van der Waals surface area contributed by atoms with Crippen molar-refractivity contribution in [3.05, 3.63) is 35.4 Å². The Kier molecular flexibility index (Phi) is 5.12.